The first-order valence-corrected chi connectivity index (χ1v) is 4.36. The number of halogens is 3. The van der Waals surface area contributed by atoms with Crippen LogP contribution < -0.4 is 5.73 Å². The molecule has 0 saturated heterocycles. The van der Waals surface area contributed by atoms with E-state index in [1.165, 1.54) is 0 Å². The Kier molecular flexibility index (Phi) is 3.48. The highest BCUT2D eigenvalue weighted by atomic mass is 19.3. The number of nitro groups is 1. The molecule has 7 heteroatoms. The van der Waals surface area contributed by atoms with Crippen LogP contribution in [0.15, 0.2) is 18.2 Å². The van der Waals surface area contributed by atoms with E-state index in [4.69, 9.17) is 5.73 Å². The summed E-state index contributed by atoms with van der Waals surface area (Å²) in [6, 6.07) is 2.56. The van der Waals surface area contributed by atoms with Crippen molar-refractivity contribution in [3.8, 4) is 0 Å². The summed E-state index contributed by atoms with van der Waals surface area (Å²) in [5.41, 5.74) is 4.04. The molecule has 1 aromatic carbocycles. The first-order valence-electron chi connectivity index (χ1n) is 4.36. The number of hydrogen-bond acceptors (Lipinski definition) is 3. The minimum Gasteiger partial charge on any atom is -0.325 e. The molecule has 4 nitrogen and oxygen atoms in total. The molecule has 16 heavy (non-hydrogen) atoms. The molecule has 1 rings (SSSR count). The van der Waals surface area contributed by atoms with Gasteiger partial charge < -0.3 is 5.73 Å². The highest BCUT2D eigenvalue weighted by Gasteiger charge is 2.28. The number of non-ortho nitro benzene ring substituents is 1. The van der Waals surface area contributed by atoms with Gasteiger partial charge in [0, 0.05) is 12.5 Å². The molecule has 0 aliphatic rings. The monoisotopic (exact) mass is 234 g/mol. The Hall–Kier alpha value is -1.63. The fourth-order valence-electron chi connectivity index (χ4n) is 1.14. The van der Waals surface area contributed by atoms with Crippen molar-refractivity contribution in [2.45, 2.75) is 12.3 Å². The fourth-order valence-corrected chi connectivity index (χ4v) is 1.14. The maximum atomic E-state index is 13.2. The molecule has 0 aliphatic heterocycles. The van der Waals surface area contributed by atoms with Crippen LogP contribution >= 0.6 is 0 Å². The zero-order chi connectivity index (χ0) is 12.3. The van der Waals surface area contributed by atoms with Crippen molar-refractivity contribution in [2.75, 3.05) is 6.54 Å². The maximum Gasteiger partial charge on any atom is 0.272 e. The molecule has 88 valence electrons. The van der Waals surface area contributed by atoms with Crippen LogP contribution in [0.3, 0.4) is 0 Å². The van der Waals surface area contributed by atoms with Crippen LogP contribution in [0, 0.1) is 15.9 Å². The van der Waals surface area contributed by atoms with E-state index in [0.717, 1.165) is 12.1 Å². The third-order valence-corrected chi connectivity index (χ3v) is 2.00. The number of hydrogen-bond donors (Lipinski definition) is 1. The molecule has 0 aromatic heterocycles. The van der Waals surface area contributed by atoms with E-state index < -0.39 is 35.3 Å². The van der Waals surface area contributed by atoms with Crippen LogP contribution in [0.4, 0.5) is 18.9 Å². The predicted octanol–water partition coefficient (Wildman–Crippen LogP) is 1.87. The van der Waals surface area contributed by atoms with Crippen molar-refractivity contribution in [2.24, 2.45) is 5.73 Å². The van der Waals surface area contributed by atoms with E-state index in [1.54, 1.807) is 0 Å². The third kappa shape index (κ3) is 2.93. The smallest absolute Gasteiger partial charge is 0.272 e. The molecule has 0 spiro atoms. The number of nitrogens with two attached hydrogens (primary N) is 1. The van der Waals surface area contributed by atoms with Gasteiger partial charge in [0.2, 0.25) is 0 Å². The second-order valence-electron chi connectivity index (χ2n) is 3.27. The molecule has 2 N–H and O–H groups in total. The SMILES string of the molecule is NCC(F)(F)Cc1ccc([N+](=O)[O-])cc1F. The van der Waals surface area contributed by atoms with Crippen LogP contribution in [0.1, 0.15) is 5.56 Å². The predicted molar refractivity (Wildman–Crippen MR) is 50.8 cm³/mol. The number of alkyl halides is 2. The van der Waals surface area contributed by atoms with Crippen LogP contribution in [0.5, 0.6) is 0 Å². The Balaban J connectivity index is 2.96. The highest BCUT2D eigenvalue weighted by molar-refractivity contribution is 5.34. The second kappa shape index (κ2) is 4.48. The van der Waals surface area contributed by atoms with Gasteiger partial charge in [-0.25, -0.2) is 13.2 Å². The second-order valence-corrected chi connectivity index (χ2v) is 3.27. The van der Waals surface area contributed by atoms with Crippen LogP contribution in [-0.2, 0) is 6.42 Å². The van der Waals surface area contributed by atoms with E-state index in [2.05, 4.69) is 0 Å². The van der Waals surface area contributed by atoms with Crippen molar-refractivity contribution < 1.29 is 18.1 Å². The van der Waals surface area contributed by atoms with Crippen molar-refractivity contribution >= 4 is 5.69 Å². The number of benzene rings is 1. The molecule has 0 bridgehead atoms. The molecule has 0 aliphatic carbocycles. The molecule has 0 fully saturated rings. The maximum absolute atomic E-state index is 13.2. The van der Waals surface area contributed by atoms with Gasteiger partial charge in [0.1, 0.15) is 5.82 Å². The summed E-state index contributed by atoms with van der Waals surface area (Å²) in [6.07, 6.45) is -0.868. The minimum absolute atomic E-state index is 0.291. The van der Waals surface area contributed by atoms with E-state index in [1.807, 2.05) is 0 Å². The van der Waals surface area contributed by atoms with Gasteiger partial charge in [-0.05, 0) is 11.6 Å². The lowest BCUT2D eigenvalue weighted by Crippen LogP contribution is -2.30. The Bertz CT molecular complexity index is 410. The lowest BCUT2D eigenvalue weighted by molar-refractivity contribution is -0.385. The molecule has 0 unspecified atom stereocenters. The number of nitrogens with zero attached hydrogens (tertiary/aromatic N) is 1. The van der Waals surface area contributed by atoms with Gasteiger partial charge in [-0.2, -0.15) is 0 Å². The normalized spacial score (nSPS) is 11.5. The molecular formula is C9H9F3N2O2. The van der Waals surface area contributed by atoms with E-state index in [9.17, 15) is 23.3 Å². The zero-order valence-corrected chi connectivity index (χ0v) is 8.12. The lowest BCUT2D eigenvalue weighted by Gasteiger charge is -2.13. The molecule has 0 amide bonds. The molecule has 0 heterocycles. The summed E-state index contributed by atoms with van der Waals surface area (Å²) >= 11 is 0. The quantitative estimate of drug-likeness (QED) is 0.638. The molecule has 0 atom stereocenters. The lowest BCUT2D eigenvalue weighted by atomic mass is 10.1. The minimum atomic E-state index is -3.21. The Morgan fingerprint density at radius 1 is 1.44 bits per heavy atom. The van der Waals surface area contributed by atoms with Crippen molar-refractivity contribution in [3.05, 3.63) is 39.7 Å². The first kappa shape index (κ1) is 12.4. The van der Waals surface area contributed by atoms with Gasteiger partial charge in [-0.15, -0.1) is 0 Å². The Morgan fingerprint density at radius 2 is 2.06 bits per heavy atom. The molecule has 0 radical (unpaired) electrons. The summed E-state index contributed by atoms with van der Waals surface area (Å²) in [4.78, 5) is 9.48. The highest BCUT2D eigenvalue weighted by Crippen LogP contribution is 2.23. The largest absolute Gasteiger partial charge is 0.325 e. The standard InChI is InChI=1S/C9H9F3N2O2/c10-8-3-7(14(15)16)2-1-6(8)4-9(11,12)5-13/h1-3H,4-5,13H2. The van der Waals surface area contributed by atoms with Gasteiger partial charge in [0.05, 0.1) is 17.5 Å². The summed E-state index contributed by atoms with van der Waals surface area (Å²) in [5.74, 6) is -4.24. The first-order chi connectivity index (χ1) is 7.35. The average molecular weight is 234 g/mol. The average Bonchev–Trinajstić information content (AvgIpc) is 2.20. The number of nitro benzene ring substituents is 1. The van der Waals surface area contributed by atoms with Gasteiger partial charge in [-0.3, -0.25) is 10.1 Å². The van der Waals surface area contributed by atoms with Gasteiger partial charge in [0.25, 0.3) is 11.6 Å². The number of rotatable bonds is 4. The zero-order valence-electron chi connectivity index (χ0n) is 8.12. The molecule has 0 saturated carbocycles. The van der Waals surface area contributed by atoms with Gasteiger partial charge in [-0.1, -0.05) is 0 Å². The van der Waals surface area contributed by atoms with Gasteiger partial charge in [0.15, 0.2) is 0 Å². The Morgan fingerprint density at radius 3 is 2.50 bits per heavy atom. The van der Waals surface area contributed by atoms with Crippen molar-refractivity contribution in [1.29, 1.82) is 0 Å². The van der Waals surface area contributed by atoms with Crippen LogP contribution in [-0.4, -0.2) is 17.4 Å². The van der Waals surface area contributed by atoms with Crippen LogP contribution in [0.25, 0.3) is 0 Å². The van der Waals surface area contributed by atoms with Crippen molar-refractivity contribution in [1.82, 2.24) is 0 Å². The molecule has 1 aromatic rings. The van der Waals surface area contributed by atoms with E-state index in [-0.39, 0.29) is 5.56 Å². The fraction of sp³-hybridized carbons (Fsp3) is 0.333. The van der Waals surface area contributed by atoms with E-state index in [0.29, 0.717) is 6.07 Å². The van der Waals surface area contributed by atoms with Crippen LogP contribution in [0.2, 0.25) is 0 Å². The van der Waals surface area contributed by atoms with Gasteiger partial charge >= 0.3 is 0 Å². The molecular weight excluding hydrogens is 225 g/mol. The summed E-state index contributed by atoms with van der Waals surface area (Å²) in [7, 11) is 0. The topological polar surface area (TPSA) is 69.2 Å². The van der Waals surface area contributed by atoms with Crippen molar-refractivity contribution in [3.63, 3.8) is 0 Å². The summed E-state index contributed by atoms with van der Waals surface area (Å²) in [6.45, 7) is -0.899. The summed E-state index contributed by atoms with van der Waals surface area (Å²) < 4.78 is 38.9. The summed E-state index contributed by atoms with van der Waals surface area (Å²) in [5, 5.41) is 10.3. The third-order valence-electron chi connectivity index (χ3n) is 2.00. The Labute approximate surface area is 89.0 Å². The van der Waals surface area contributed by atoms with E-state index >= 15 is 0 Å².